The molecule has 0 radical (unpaired) electrons. The number of nitrogens with one attached hydrogen (secondary N) is 1. The molecule has 1 aliphatic carbocycles. The maximum atomic E-state index is 12.0. The minimum atomic E-state index is -3.17. The molecule has 6 rings (SSSR count). The van der Waals surface area contributed by atoms with Crippen molar-refractivity contribution in [3.8, 4) is 0 Å². The number of hydrogen-bond acceptors (Lipinski definition) is 3. The SMILES string of the molecule is CCC1CC2CC3c4[nH]c5ccc(S(C)(=O)=O)cc5c4CCN(C2)C13. The van der Waals surface area contributed by atoms with Gasteiger partial charge in [-0.3, -0.25) is 4.90 Å². The third-order valence-corrected chi connectivity index (χ3v) is 8.03. The van der Waals surface area contributed by atoms with E-state index in [-0.39, 0.29) is 0 Å². The number of nitrogens with zero attached hydrogens (tertiary/aromatic N) is 1. The molecule has 4 heterocycles. The number of piperidine rings is 2. The molecule has 0 amide bonds. The van der Waals surface area contributed by atoms with Gasteiger partial charge in [-0.1, -0.05) is 13.3 Å². The summed E-state index contributed by atoms with van der Waals surface area (Å²) in [4.78, 5) is 6.86. The lowest BCUT2D eigenvalue weighted by Crippen LogP contribution is -2.56. The molecule has 4 aliphatic rings. The minimum Gasteiger partial charge on any atom is -0.358 e. The van der Waals surface area contributed by atoms with Gasteiger partial charge in [-0.05, 0) is 54.9 Å². The van der Waals surface area contributed by atoms with Crippen LogP contribution in [0.2, 0.25) is 0 Å². The Kier molecular flexibility index (Phi) is 3.39. The van der Waals surface area contributed by atoms with Gasteiger partial charge in [0.1, 0.15) is 0 Å². The fourth-order valence-corrected chi connectivity index (χ4v) is 6.55. The van der Waals surface area contributed by atoms with Gasteiger partial charge in [0, 0.05) is 47.9 Å². The van der Waals surface area contributed by atoms with Crippen LogP contribution in [-0.2, 0) is 16.3 Å². The zero-order chi connectivity index (χ0) is 17.3. The summed E-state index contributed by atoms with van der Waals surface area (Å²) < 4.78 is 24.0. The van der Waals surface area contributed by atoms with Gasteiger partial charge in [-0.15, -0.1) is 0 Å². The van der Waals surface area contributed by atoms with Crippen molar-refractivity contribution in [2.45, 2.75) is 49.5 Å². The highest BCUT2D eigenvalue weighted by Gasteiger charge is 2.48. The maximum Gasteiger partial charge on any atom is 0.175 e. The van der Waals surface area contributed by atoms with Crippen LogP contribution in [0.4, 0.5) is 0 Å². The first-order chi connectivity index (χ1) is 12.0. The van der Waals surface area contributed by atoms with E-state index in [0.717, 1.165) is 35.7 Å². The van der Waals surface area contributed by atoms with Crippen molar-refractivity contribution in [2.75, 3.05) is 19.3 Å². The van der Waals surface area contributed by atoms with Gasteiger partial charge in [-0.2, -0.15) is 0 Å². The standard InChI is InChI=1S/C20H26N2O2S/c1-3-13-8-12-9-17-19-15(6-7-22(11-12)20(13)17)16-10-14(25(2,23)24)4-5-18(16)21-19/h4-5,10,12-13,17,20-21H,3,6-9,11H2,1-2H3. The van der Waals surface area contributed by atoms with Gasteiger partial charge >= 0.3 is 0 Å². The molecule has 134 valence electrons. The molecule has 1 N–H and O–H groups in total. The van der Waals surface area contributed by atoms with Gasteiger partial charge in [0.25, 0.3) is 0 Å². The van der Waals surface area contributed by atoms with E-state index in [0.29, 0.717) is 16.9 Å². The number of hydrogen-bond donors (Lipinski definition) is 1. The first kappa shape index (κ1) is 15.9. The maximum absolute atomic E-state index is 12.0. The van der Waals surface area contributed by atoms with E-state index in [4.69, 9.17) is 0 Å². The first-order valence-corrected chi connectivity index (χ1v) is 11.4. The van der Waals surface area contributed by atoms with E-state index >= 15 is 0 Å². The largest absolute Gasteiger partial charge is 0.358 e. The molecule has 3 aliphatic heterocycles. The van der Waals surface area contributed by atoms with Crippen molar-refractivity contribution in [3.05, 3.63) is 29.5 Å². The Bertz CT molecular complexity index is 946. The molecule has 1 aromatic heterocycles. The van der Waals surface area contributed by atoms with Crippen molar-refractivity contribution >= 4 is 20.7 Å². The van der Waals surface area contributed by atoms with E-state index in [1.54, 1.807) is 6.07 Å². The third kappa shape index (κ3) is 2.32. The molecule has 25 heavy (non-hydrogen) atoms. The Hall–Kier alpha value is -1.33. The van der Waals surface area contributed by atoms with Gasteiger partial charge < -0.3 is 4.98 Å². The summed E-state index contributed by atoms with van der Waals surface area (Å²) in [6.45, 7) is 4.70. The molecule has 4 bridgehead atoms. The Morgan fingerprint density at radius 3 is 2.88 bits per heavy atom. The van der Waals surface area contributed by atoms with E-state index in [1.165, 1.54) is 43.3 Å². The van der Waals surface area contributed by atoms with Gasteiger partial charge in [0.05, 0.1) is 4.90 Å². The van der Waals surface area contributed by atoms with Crippen molar-refractivity contribution in [1.82, 2.24) is 9.88 Å². The second-order valence-electron chi connectivity index (χ2n) is 8.34. The van der Waals surface area contributed by atoms with Crippen molar-refractivity contribution in [2.24, 2.45) is 11.8 Å². The predicted octanol–water partition coefficient (Wildman–Crippen LogP) is 3.33. The molecular weight excluding hydrogens is 332 g/mol. The topological polar surface area (TPSA) is 53.2 Å². The molecule has 1 saturated carbocycles. The van der Waals surface area contributed by atoms with Crippen LogP contribution in [0, 0.1) is 11.8 Å². The monoisotopic (exact) mass is 358 g/mol. The lowest BCUT2D eigenvalue weighted by atomic mass is 9.65. The molecule has 5 atom stereocenters. The van der Waals surface area contributed by atoms with Crippen LogP contribution in [0.15, 0.2) is 23.1 Å². The number of benzene rings is 1. The molecule has 4 nitrogen and oxygen atoms in total. The normalized spacial score (nSPS) is 34.1. The predicted molar refractivity (Wildman–Crippen MR) is 99.7 cm³/mol. The molecule has 2 saturated heterocycles. The van der Waals surface area contributed by atoms with Crippen LogP contribution in [0.25, 0.3) is 10.9 Å². The molecule has 3 fully saturated rings. The van der Waals surface area contributed by atoms with Crippen LogP contribution in [-0.4, -0.2) is 43.7 Å². The smallest absolute Gasteiger partial charge is 0.175 e. The average Bonchev–Trinajstić information content (AvgIpc) is 2.91. The van der Waals surface area contributed by atoms with Gasteiger partial charge in [0.2, 0.25) is 0 Å². The highest BCUT2D eigenvalue weighted by Crippen LogP contribution is 2.51. The van der Waals surface area contributed by atoms with E-state index in [1.807, 2.05) is 12.1 Å². The molecule has 1 aromatic carbocycles. The molecule has 5 unspecified atom stereocenters. The fourth-order valence-electron chi connectivity index (χ4n) is 5.90. The summed E-state index contributed by atoms with van der Waals surface area (Å²) in [5.74, 6) is 2.22. The van der Waals surface area contributed by atoms with Gasteiger partial charge in [0.15, 0.2) is 9.84 Å². The van der Waals surface area contributed by atoms with Crippen LogP contribution in [0.1, 0.15) is 43.4 Å². The van der Waals surface area contributed by atoms with E-state index < -0.39 is 9.84 Å². The van der Waals surface area contributed by atoms with Gasteiger partial charge in [-0.25, -0.2) is 8.42 Å². The summed E-state index contributed by atoms with van der Waals surface area (Å²) in [6.07, 6.45) is 6.27. The average molecular weight is 359 g/mol. The zero-order valence-electron chi connectivity index (χ0n) is 15.0. The number of fused-ring (bicyclic) bond motifs is 4. The Morgan fingerprint density at radius 1 is 1.28 bits per heavy atom. The Balaban J connectivity index is 1.68. The van der Waals surface area contributed by atoms with Crippen LogP contribution < -0.4 is 0 Å². The lowest BCUT2D eigenvalue weighted by molar-refractivity contribution is -0.0134. The molecule has 2 aromatic rings. The first-order valence-electron chi connectivity index (χ1n) is 9.54. The van der Waals surface area contributed by atoms with Crippen LogP contribution in [0.3, 0.4) is 0 Å². The fraction of sp³-hybridized carbons (Fsp3) is 0.600. The quantitative estimate of drug-likeness (QED) is 0.896. The summed E-state index contributed by atoms with van der Waals surface area (Å²) in [5.41, 5.74) is 3.87. The van der Waals surface area contributed by atoms with E-state index in [9.17, 15) is 8.42 Å². The van der Waals surface area contributed by atoms with E-state index in [2.05, 4.69) is 16.8 Å². The summed E-state index contributed by atoms with van der Waals surface area (Å²) >= 11 is 0. The molecule has 0 spiro atoms. The number of aromatic amines is 1. The van der Waals surface area contributed by atoms with Crippen molar-refractivity contribution in [1.29, 1.82) is 0 Å². The zero-order valence-corrected chi connectivity index (χ0v) is 15.8. The summed E-state index contributed by atoms with van der Waals surface area (Å²) in [6, 6.07) is 6.25. The number of aromatic nitrogens is 1. The Labute approximate surface area is 149 Å². The molecule has 5 heteroatoms. The number of rotatable bonds is 2. The lowest BCUT2D eigenvalue weighted by Gasteiger charge is -2.53. The summed E-state index contributed by atoms with van der Waals surface area (Å²) in [7, 11) is -3.17. The Morgan fingerprint density at radius 2 is 2.12 bits per heavy atom. The van der Waals surface area contributed by atoms with Crippen molar-refractivity contribution < 1.29 is 8.42 Å². The number of sulfone groups is 1. The second-order valence-corrected chi connectivity index (χ2v) is 10.4. The third-order valence-electron chi connectivity index (χ3n) is 6.92. The second kappa shape index (κ2) is 5.34. The highest BCUT2D eigenvalue weighted by atomic mass is 32.2. The van der Waals surface area contributed by atoms with Crippen molar-refractivity contribution in [3.63, 3.8) is 0 Å². The molecular formula is C20H26N2O2S. The highest BCUT2D eigenvalue weighted by molar-refractivity contribution is 7.90. The summed E-state index contributed by atoms with van der Waals surface area (Å²) in [5, 5.41) is 1.12. The minimum absolute atomic E-state index is 0.433. The number of H-pyrrole nitrogens is 1. The van der Waals surface area contributed by atoms with Crippen LogP contribution >= 0.6 is 0 Å². The van der Waals surface area contributed by atoms with Crippen LogP contribution in [0.5, 0.6) is 0 Å².